The molecular weight excluding hydrogens is 370 g/mol. The number of sulfonamides is 1. The monoisotopic (exact) mass is 391 g/mol. The number of methoxy groups -OCH3 is 2. The Bertz CT molecular complexity index is 941. The van der Waals surface area contributed by atoms with Crippen molar-refractivity contribution in [1.82, 2.24) is 0 Å². The van der Waals surface area contributed by atoms with Crippen LogP contribution in [0.3, 0.4) is 0 Å². The highest BCUT2D eigenvalue weighted by Gasteiger charge is 2.28. The molecule has 0 aliphatic carbocycles. The van der Waals surface area contributed by atoms with Crippen LogP contribution in [0.25, 0.3) is 0 Å². The first-order valence-electron chi connectivity index (χ1n) is 8.44. The van der Waals surface area contributed by atoms with E-state index in [2.05, 4.69) is 0 Å². The van der Waals surface area contributed by atoms with E-state index in [9.17, 15) is 13.2 Å². The summed E-state index contributed by atoms with van der Waals surface area (Å²) in [6.07, 6.45) is 0.576. The number of rotatable bonds is 6. The lowest BCUT2D eigenvalue weighted by molar-refractivity contribution is 0.0469. The number of hydrogen-bond acceptors (Lipinski definition) is 6. The number of carbonyl (C=O) groups excluding carboxylic acids is 1. The molecule has 27 heavy (non-hydrogen) atoms. The Labute approximate surface area is 158 Å². The van der Waals surface area contributed by atoms with E-state index in [1.54, 1.807) is 36.4 Å². The summed E-state index contributed by atoms with van der Waals surface area (Å²) in [5.74, 6) is 0.632. The van der Waals surface area contributed by atoms with E-state index < -0.39 is 16.0 Å². The van der Waals surface area contributed by atoms with Gasteiger partial charge in [0.25, 0.3) is 0 Å². The first-order valence-corrected chi connectivity index (χ1v) is 10.0. The van der Waals surface area contributed by atoms with Crippen molar-refractivity contribution in [3.8, 4) is 11.5 Å². The van der Waals surface area contributed by atoms with E-state index >= 15 is 0 Å². The summed E-state index contributed by atoms with van der Waals surface area (Å²) < 4.78 is 41.4. The minimum Gasteiger partial charge on any atom is -0.493 e. The van der Waals surface area contributed by atoms with Crippen LogP contribution in [0.5, 0.6) is 11.5 Å². The highest BCUT2D eigenvalue weighted by Crippen LogP contribution is 2.31. The molecule has 0 amide bonds. The molecule has 0 aromatic heterocycles. The smallest absolute Gasteiger partial charge is 0.338 e. The molecule has 0 spiro atoms. The number of esters is 1. The van der Waals surface area contributed by atoms with Gasteiger partial charge in [0.15, 0.2) is 11.5 Å². The predicted molar refractivity (Wildman–Crippen MR) is 101 cm³/mol. The van der Waals surface area contributed by atoms with Gasteiger partial charge in [0.2, 0.25) is 10.0 Å². The van der Waals surface area contributed by atoms with E-state index in [0.717, 1.165) is 0 Å². The summed E-state index contributed by atoms with van der Waals surface area (Å²) >= 11 is 0. The van der Waals surface area contributed by atoms with Gasteiger partial charge in [-0.1, -0.05) is 18.2 Å². The number of benzene rings is 2. The van der Waals surface area contributed by atoms with Crippen molar-refractivity contribution in [2.24, 2.45) is 0 Å². The van der Waals surface area contributed by atoms with Crippen molar-refractivity contribution in [2.75, 3.05) is 30.8 Å². The number of carbonyl (C=O) groups is 1. The molecule has 2 aromatic rings. The molecule has 0 bridgehead atoms. The van der Waals surface area contributed by atoms with Gasteiger partial charge in [-0.3, -0.25) is 4.31 Å². The average Bonchev–Trinajstić information content (AvgIpc) is 3.04. The maximum absolute atomic E-state index is 12.4. The summed E-state index contributed by atoms with van der Waals surface area (Å²) in [5.41, 5.74) is 1.43. The Morgan fingerprint density at radius 1 is 1.11 bits per heavy atom. The zero-order valence-electron chi connectivity index (χ0n) is 15.2. The zero-order chi connectivity index (χ0) is 19.4. The first-order chi connectivity index (χ1) is 13.0. The van der Waals surface area contributed by atoms with Crippen LogP contribution < -0.4 is 13.8 Å². The van der Waals surface area contributed by atoms with E-state index in [4.69, 9.17) is 14.2 Å². The number of hydrogen-bond donors (Lipinski definition) is 0. The molecule has 0 radical (unpaired) electrons. The van der Waals surface area contributed by atoms with Gasteiger partial charge < -0.3 is 14.2 Å². The number of ether oxygens (including phenoxy) is 3. The third-order valence-corrected chi connectivity index (χ3v) is 6.18. The molecule has 0 atom stereocenters. The lowest BCUT2D eigenvalue weighted by atomic mass is 10.2. The summed E-state index contributed by atoms with van der Waals surface area (Å²) in [5, 5.41) is 0. The van der Waals surface area contributed by atoms with Crippen molar-refractivity contribution in [3.63, 3.8) is 0 Å². The van der Waals surface area contributed by atoms with Crippen molar-refractivity contribution >= 4 is 21.7 Å². The molecule has 1 fully saturated rings. The second kappa shape index (κ2) is 7.87. The first kappa shape index (κ1) is 19.0. The standard InChI is InChI=1S/C19H21NO6S/c1-24-17-9-4-7-15(18(17)25-2)13-26-19(21)14-6-3-8-16(12-14)20-10-5-11-27(20,22)23/h3-4,6-9,12H,5,10-11,13H2,1-2H3. The Morgan fingerprint density at radius 2 is 1.89 bits per heavy atom. The zero-order valence-corrected chi connectivity index (χ0v) is 16.0. The maximum Gasteiger partial charge on any atom is 0.338 e. The van der Waals surface area contributed by atoms with Gasteiger partial charge in [0.1, 0.15) is 6.61 Å². The normalized spacial score (nSPS) is 15.4. The van der Waals surface area contributed by atoms with Crippen LogP contribution in [0, 0.1) is 0 Å². The van der Waals surface area contributed by atoms with Gasteiger partial charge in [0.05, 0.1) is 31.2 Å². The number of para-hydroxylation sites is 1. The molecule has 3 rings (SSSR count). The second-order valence-corrected chi connectivity index (χ2v) is 8.03. The minimum absolute atomic E-state index is 0.00540. The van der Waals surface area contributed by atoms with Crippen molar-refractivity contribution in [2.45, 2.75) is 13.0 Å². The Kier molecular flexibility index (Phi) is 5.55. The largest absolute Gasteiger partial charge is 0.493 e. The molecule has 2 aromatic carbocycles. The Morgan fingerprint density at radius 3 is 2.56 bits per heavy atom. The third kappa shape index (κ3) is 4.00. The van der Waals surface area contributed by atoms with Crippen LogP contribution in [0.4, 0.5) is 5.69 Å². The molecule has 7 nitrogen and oxygen atoms in total. The van der Waals surface area contributed by atoms with Crippen LogP contribution in [-0.4, -0.2) is 40.9 Å². The molecule has 8 heteroatoms. The fraction of sp³-hybridized carbons (Fsp3) is 0.316. The minimum atomic E-state index is -3.30. The lowest BCUT2D eigenvalue weighted by Gasteiger charge is -2.17. The summed E-state index contributed by atoms with van der Waals surface area (Å²) in [7, 11) is -0.254. The summed E-state index contributed by atoms with van der Waals surface area (Å²) in [6, 6.07) is 11.8. The van der Waals surface area contributed by atoms with Gasteiger partial charge in [0, 0.05) is 12.1 Å². The Hall–Kier alpha value is -2.74. The van der Waals surface area contributed by atoms with Crippen LogP contribution in [-0.2, 0) is 21.4 Å². The molecule has 0 unspecified atom stereocenters. The molecule has 0 saturated carbocycles. The van der Waals surface area contributed by atoms with Gasteiger partial charge in [-0.05, 0) is 30.7 Å². The van der Waals surface area contributed by atoms with Crippen molar-refractivity contribution in [1.29, 1.82) is 0 Å². The highest BCUT2D eigenvalue weighted by atomic mass is 32.2. The fourth-order valence-electron chi connectivity index (χ4n) is 3.01. The molecule has 1 heterocycles. The van der Waals surface area contributed by atoms with E-state index in [0.29, 0.717) is 35.7 Å². The van der Waals surface area contributed by atoms with Gasteiger partial charge >= 0.3 is 5.97 Å². The quantitative estimate of drug-likeness (QED) is 0.704. The molecule has 1 aliphatic rings. The van der Waals surface area contributed by atoms with Crippen molar-refractivity contribution < 1.29 is 27.4 Å². The van der Waals surface area contributed by atoms with Gasteiger partial charge in [-0.25, -0.2) is 13.2 Å². The average molecular weight is 391 g/mol. The maximum atomic E-state index is 12.4. The fourth-order valence-corrected chi connectivity index (χ4v) is 4.57. The number of anilines is 1. The molecule has 1 aliphatic heterocycles. The van der Waals surface area contributed by atoms with Crippen LogP contribution in [0.1, 0.15) is 22.3 Å². The summed E-state index contributed by atoms with van der Waals surface area (Å²) in [6.45, 7) is 0.424. The van der Waals surface area contributed by atoms with E-state index in [1.165, 1.54) is 24.6 Å². The summed E-state index contributed by atoms with van der Waals surface area (Å²) in [4.78, 5) is 12.4. The lowest BCUT2D eigenvalue weighted by Crippen LogP contribution is -2.25. The molecule has 0 N–H and O–H groups in total. The van der Waals surface area contributed by atoms with Crippen molar-refractivity contribution in [3.05, 3.63) is 53.6 Å². The molecular formula is C19H21NO6S. The molecule has 144 valence electrons. The SMILES string of the molecule is COc1cccc(COC(=O)c2cccc(N3CCCS3(=O)=O)c2)c1OC. The van der Waals surface area contributed by atoms with E-state index in [1.807, 2.05) is 0 Å². The van der Waals surface area contributed by atoms with Gasteiger partial charge in [-0.15, -0.1) is 0 Å². The van der Waals surface area contributed by atoms with Crippen LogP contribution in [0.15, 0.2) is 42.5 Å². The second-order valence-electron chi connectivity index (χ2n) is 6.02. The topological polar surface area (TPSA) is 82.1 Å². The predicted octanol–water partition coefficient (Wildman–Crippen LogP) is 2.60. The molecule has 1 saturated heterocycles. The van der Waals surface area contributed by atoms with E-state index in [-0.39, 0.29) is 17.9 Å². The van der Waals surface area contributed by atoms with Crippen LogP contribution >= 0.6 is 0 Å². The third-order valence-electron chi connectivity index (χ3n) is 4.31. The highest BCUT2D eigenvalue weighted by molar-refractivity contribution is 7.93. The number of nitrogens with zero attached hydrogens (tertiary/aromatic N) is 1. The van der Waals surface area contributed by atoms with Crippen LogP contribution in [0.2, 0.25) is 0 Å². The van der Waals surface area contributed by atoms with Gasteiger partial charge in [-0.2, -0.15) is 0 Å². The Balaban J connectivity index is 1.75.